The van der Waals surface area contributed by atoms with Crippen molar-refractivity contribution in [3.05, 3.63) is 96.2 Å². The molecule has 2 aromatic carbocycles. The van der Waals surface area contributed by atoms with Gasteiger partial charge in [0.25, 0.3) is 5.91 Å². The molecule has 0 saturated carbocycles. The number of hydrogen-bond acceptors (Lipinski definition) is 5. The van der Waals surface area contributed by atoms with E-state index in [-0.39, 0.29) is 11.8 Å². The van der Waals surface area contributed by atoms with Gasteiger partial charge in [-0.15, -0.1) is 0 Å². The lowest BCUT2D eigenvalue weighted by Gasteiger charge is -2.35. The molecule has 2 amide bonds. The quantitative estimate of drug-likeness (QED) is 0.423. The monoisotopic (exact) mass is 492 g/mol. The van der Waals surface area contributed by atoms with Crippen molar-refractivity contribution in [3.63, 3.8) is 0 Å². The molecule has 2 aromatic heterocycles. The van der Waals surface area contributed by atoms with Crippen molar-refractivity contribution in [2.24, 2.45) is 0 Å². The standard InChI is InChI=1S/C29H28N6O2/c36-28-13-15-35-27(20-25(31-35)23-6-2-1-3-7-23)34(28)21-22-9-11-24(12-10-22)29(37)33-18-16-32(17-19-33)26-8-4-5-14-30-26/h1-12,14,20H,13,15-19,21H2. The van der Waals surface area contributed by atoms with Crippen molar-refractivity contribution in [1.82, 2.24) is 19.7 Å². The SMILES string of the molecule is O=C(c1ccc(CN2C(=O)CCn3nc(-c4ccccc4)cc32)cc1)N1CCN(c2ccccn2)CC1. The van der Waals surface area contributed by atoms with Gasteiger partial charge in [0.1, 0.15) is 11.6 Å². The average Bonchev–Trinajstić information content (AvgIpc) is 3.40. The van der Waals surface area contributed by atoms with Crippen LogP contribution in [0.15, 0.2) is 85.1 Å². The Morgan fingerprint density at radius 1 is 0.838 bits per heavy atom. The highest BCUT2D eigenvalue weighted by atomic mass is 16.2. The summed E-state index contributed by atoms with van der Waals surface area (Å²) in [5, 5.41) is 4.73. The predicted molar refractivity (Wildman–Crippen MR) is 142 cm³/mol. The van der Waals surface area contributed by atoms with Gasteiger partial charge in [-0.3, -0.25) is 14.5 Å². The first-order chi connectivity index (χ1) is 18.2. The Labute approximate surface area is 215 Å². The molecule has 1 fully saturated rings. The zero-order valence-electron chi connectivity index (χ0n) is 20.5. The van der Waals surface area contributed by atoms with E-state index in [1.165, 1.54) is 0 Å². The molecule has 8 heteroatoms. The zero-order valence-corrected chi connectivity index (χ0v) is 20.5. The average molecular weight is 493 g/mol. The predicted octanol–water partition coefficient (Wildman–Crippen LogP) is 3.84. The third-order valence-electron chi connectivity index (χ3n) is 7.03. The maximum absolute atomic E-state index is 13.1. The maximum Gasteiger partial charge on any atom is 0.253 e. The molecule has 4 heterocycles. The second kappa shape index (κ2) is 9.89. The van der Waals surface area contributed by atoms with E-state index in [4.69, 9.17) is 5.10 Å². The number of aromatic nitrogens is 3. The molecule has 0 aliphatic carbocycles. The van der Waals surface area contributed by atoms with Crippen molar-refractivity contribution in [3.8, 4) is 11.3 Å². The Morgan fingerprint density at radius 3 is 2.32 bits per heavy atom. The van der Waals surface area contributed by atoms with Crippen LogP contribution in [0.5, 0.6) is 0 Å². The Hall–Kier alpha value is -4.46. The number of piperazine rings is 1. The number of nitrogens with zero attached hydrogens (tertiary/aromatic N) is 6. The summed E-state index contributed by atoms with van der Waals surface area (Å²) in [5.41, 5.74) is 3.53. The molecule has 8 nitrogen and oxygen atoms in total. The van der Waals surface area contributed by atoms with Crippen molar-refractivity contribution < 1.29 is 9.59 Å². The summed E-state index contributed by atoms with van der Waals surface area (Å²) in [7, 11) is 0. The van der Waals surface area contributed by atoms with Crippen LogP contribution in [-0.4, -0.2) is 57.7 Å². The van der Waals surface area contributed by atoms with Gasteiger partial charge in [-0.2, -0.15) is 5.10 Å². The first kappa shape index (κ1) is 23.0. The highest BCUT2D eigenvalue weighted by molar-refractivity contribution is 5.95. The largest absolute Gasteiger partial charge is 0.353 e. The smallest absolute Gasteiger partial charge is 0.253 e. The first-order valence-electron chi connectivity index (χ1n) is 12.6. The summed E-state index contributed by atoms with van der Waals surface area (Å²) >= 11 is 0. The third-order valence-corrected chi connectivity index (χ3v) is 7.03. The van der Waals surface area contributed by atoms with Crippen LogP contribution in [0.2, 0.25) is 0 Å². The van der Waals surface area contributed by atoms with E-state index >= 15 is 0 Å². The highest BCUT2D eigenvalue weighted by Crippen LogP contribution is 2.29. The fourth-order valence-corrected chi connectivity index (χ4v) is 4.97. The van der Waals surface area contributed by atoms with Crippen LogP contribution < -0.4 is 9.80 Å². The van der Waals surface area contributed by atoms with Gasteiger partial charge in [-0.05, 0) is 29.8 Å². The normalized spacial score (nSPS) is 15.6. The molecule has 2 aliphatic rings. The molecular formula is C29H28N6O2. The lowest BCUT2D eigenvalue weighted by Crippen LogP contribution is -2.49. The van der Waals surface area contributed by atoms with Gasteiger partial charge in [0.05, 0.1) is 18.8 Å². The summed E-state index contributed by atoms with van der Waals surface area (Å²) in [6.07, 6.45) is 2.21. The van der Waals surface area contributed by atoms with Crippen molar-refractivity contribution in [2.75, 3.05) is 36.0 Å². The van der Waals surface area contributed by atoms with Gasteiger partial charge in [0.2, 0.25) is 5.91 Å². The van der Waals surface area contributed by atoms with Crippen LogP contribution in [0.25, 0.3) is 11.3 Å². The molecule has 0 radical (unpaired) electrons. The van der Waals surface area contributed by atoms with Crippen LogP contribution in [0.1, 0.15) is 22.3 Å². The second-order valence-electron chi connectivity index (χ2n) is 9.37. The van der Waals surface area contributed by atoms with E-state index < -0.39 is 0 Å². The molecule has 37 heavy (non-hydrogen) atoms. The number of aryl methyl sites for hydroxylation is 1. The number of carbonyl (C=O) groups is 2. The third kappa shape index (κ3) is 4.70. The Kier molecular flexibility index (Phi) is 6.14. The Bertz CT molecular complexity index is 1390. The van der Waals surface area contributed by atoms with E-state index in [9.17, 15) is 9.59 Å². The molecule has 4 aromatic rings. The maximum atomic E-state index is 13.1. The first-order valence-corrected chi connectivity index (χ1v) is 12.6. The van der Waals surface area contributed by atoms with Gasteiger partial charge in [0, 0.05) is 56.0 Å². The van der Waals surface area contributed by atoms with Crippen molar-refractivity contribution in [1.29, 1.82) is 0 Å². The fourth-order valence-electron chi connectivity index (χ4n) is 4.97. The molecule has 0 unspecified atom stereocenters. The second-order valence-corrected chi connectivity index (χ2v) is 9.37. The summed E-state index contributed by atoms with van der Waals surface area (Å²) in [4.78, 5) is 36.2. The molecule has 2 aliphatic heterocycles. The zero-order chi connectivity index (χ0) is 25.2. The number of hydrogen-bond donors (Lipinski definition) is 0. The number of fused-ring (bicyclic) bond motifs is 1. The summed E-state index contributed by atoms with van der Waals surface area (Å²) in [5.74, 6) is 1.87. The van der Waals surface area contributed by atoms with Gasteiger partial charge in [0.15, 0.2) is 0 Å². The fraction of sp³-hybridized carbons (Fsp3) is 0.241. The number of anilines is 2. The lowest BCUT2D eigenvalue weighted by molar-refractivity contribution is -0.119. The molecule has 0 N–H and O–H groups in total. The topological polar surface area (TPSA) is 74.6 Å². The number of carbonyl (C=O) groups excluding carboxylic acids is 2. The Morgan fingerprint density at radius 2 is 1.59 bits per heavy atom. The molecule has 0 bridgehead atoms. The number of pyridine rings is 1. The lowest BCUT2D eigenvalue weighted by atomic mass is 10.1. The van der Waals surface area contributed by atoms with Crippen LogP contribution in [0.4, 0.5) is 11.6 Å². The molecular weight excluding hydrogens is 464 g/mol. The van der Waals surface area contributed by atoms with Gasteiger partial charge >= 0.3 is 0 Å². The Balaban J connectivity index is 1.12. The van der Waals surface area contributed by atoms with Crippen molar-refractivity contribution in [2.45, 2.75) is 19.5 Å². The van der Waals surface area contributed by atoms with E-state index in [2.05, 4.69) is 9.88 Å². The number of rotatable bonds is 5. The molecule has 6 rings (SSSR count). The summed E-state index contributed by atoms with van der Waals surface area (Å²) < 4.78 is 1.91. The van der Waals surface area contributed by atoms with E-state index in [1.807, 2.05) is 88.4 Å². The minimum Gasteiger partial charge on any atom is -0.353 e. The van der Waals surface area contributed by atoms with Crippen LogP contribution in [0, 0.1) is 0 Å². The van der Waals surface area contributed by atoms with Crippen LogP contribution in [-0.2, 0) is 17.9 Å². The summed E-state index contributed by atoms with van der Waals surface area (Å²) in [6.45, 7) is 3.86. The molecule has 0 atom stereocenters. The van der Waals surface area contributed by atoms with E-state index in [0.717, 1.165) is 41.5 Å². The minimum atomic E-state index is 0.0341. The molecule has 186 valence electrons. The van der Waals surface area contributed by atoms with E-state index in [0.29, 0.717) is 38.2 Å². The van der Waals surface area contributed by atoms with Gasteiger partial charge < -0.3 is 9.80 Å². The van der Waals surface area contributed by atoms with Gasteiger partial charge in [-0.1, -0.05) is 48.5 Å². The minimum absolute atomic E-state index is 0.0341. The van der Waals surface area contributed by atoms with Gasteiger partial charge in [-0.25, -0.2) is 9.67 Å². The van der Waals surface area contributed by atoms with E-state index in [1.54, 1.807) is 11.1 Å². The van der Waals surface area contributed by atoms with Crippen molar-refractivity contribution >= 4 is 23.5 Å². The molecule has 1 saturated heterocycles. The van der Waals surface area contributed by atoms with Crippen LogP contribution >= 0.6 is 0 Å². The van der Waals surface area contributed by atoms with Crippen LogP contribution in [0.3, 0.4) is 0 Å². The number of amides is 2. The highest BCUT2D eigenvalue weighted by Gasteiger charge is 2.27. The molecule has 0 spiro atoms. The number of benzene rings is 2. The summed E-state index contributed by atoms with van der Waals surface area (Å²) in [6, 6.07) is 25.5.